The van der Waals surface area contributed by atoms with Gasteiger partial charge in [0.05, 0.1) is 11.1 Å². The molecule has 0 spiro atoms. The number of carbonyl (C=O) groups excluding carboxylic acids is 1. The van der Waals surface area contributed by atoms with Crippen LogP contribution >= 0.6 is 39.0 Å². The van der Waals surface area contributed by atoms with Crippen LogP contribution in [0.5, 0.6) is 0 Å². The molecule has 3 heterocycles. The van der Waals surface area contributed by atoms with Gasteiger partial charge in [0.25, 0.3) is 0 Å². The van der Waals surface area contributed by atoms with Crippen LogP contribution in [0.1, 0.15) is 19.8 Å². The van der Waals surface area contributed by atoms with Crippen molar-refractivity contribution >= 4 is 55.2 Å². The van der Waals surface area contributed by atoms with Gasteiger partial charge in [-0.25, -0.2) is 9.97 Å². The van der Waals surface area contributed by atoms with Gasteiger partial charge < -0.3 is 4.90 Å². The van der Waals surface area contributed by atoms with Gasteiger partial charge >= 0.3 is 0 Å². The van der Waals surface area contributed by atoms with Crippen molar-refractivity contribution in [2.45, 2.75) is 24.8 Å². The van der Waals surface area contributed by atoms with Gasteiger partial charge in [0.2, 0.25) is 5.91 Å². The summed E-state index contributed by atoms with van der Waals surface area (Å²) in [4.78, 5) is 24.5. The van der Waals surface area contributed by atoms with E-state index >= 15 is 0 Å². The maximum atomic E-state index is 12.6. The van der Waals surface area contributed by atoms with Crippen LogP contribution in [0.25, 0.3) is 21.3 Å². The standard InChI is InChI=1S/C20H20BrN3OS2/c1-13-6-8-24(9-7-13)17(25)11-27-20-18-16(10-26-19(18)22-12-23-20)14-2-4-15(21)5-3-14/h2-5,10,12-13H,6-9,11H2,1H3. The molecule has 7 heteroatoms. The Kier molecular flexibility index (Phi) is 5.80. The lowest BCUT2D eigenvalue weighted by molar-refractivity contribution is -0.129. The third kappa shape index (κ3) is 4.20. The highest BCUT2D eigenvalue weighted by Gasteiger charge is 2.21. The SMILES string of the molecule is CC1CCN(C(=O)CSc2ncnc3scc(-c4ccc(Br)cc4)c23)CC1. The average molecular weight is 462 g/mol. The molecular formula is C20H20BrN3OS2. The second-order valence-electron chi connectivity index (χ2n) is 6.87. The first-order valence-electron chi connectivity index (χ1n) is 9.00. The molecule has 1 aliphatic rings. The number of hydrogen-bond acceptors (Lipinski definition) is 5. The number of rotatable bonds is 4. The molecule has 1 saturated heterocycles. The normalized spacial score (nSPS) is 15.4. The molecule has 140 valence electrons. The highest BCUT2D eigenvalue weighted by atomic mass is 79.9. The van der Waals surface area contributed by atoms with E-state index in [0.29, 0.717) is 5.75 Å². The Labute approximate surface area is 175 Å². The molecule has 1 aromatic carbocycles. The van der Waals surface area contributed by atoms with Crippen molar-refractivity contribution in [1.29, 1.82) is 0 Å². The number of fused-ring (bicyclic) bond motifs is 1. The molecular weight excluding hydrogens is 442 g/mol. The van der Waals surface area contributed by atoms with Crippen LogP contribution in [0.2, 0.25) is 0 Å². The molecule has 0 saturated carbocycles. The molecule has 0 atom stereocenters. The highest BCUT2D eigenvalue weighted by Crippen LogP contribution is 2.38. The van der Waals surface area contributed by atoms with Gasteiger partial charge in [-0.1, -0.05) is 46.7 Å². The average Bonchev–Trinajstić information content (AvgIpc) is 3.12. The summed E-state index contributed by atoms with van der Waals surface area (Å²) >= 11 is 6.63. The molecule has 4 nitrogen and oxygen atoms in total. The third-order valence-electron chi connectivity index (χ3n) is 4.96. The molecule has 1 amide bonds. The number of likely N-dealkylation sites (tertiary alicyclic amines) is 1. The Balaban J connectivity index is 1.56. The fraction of sp³-hybridized carbons (Fsp3) is 0.350. The van der Waals surface area contributed by atoms with Crippen LogP contribution in [0.4, 0.5) is 0 Å². The first kappa shape index (κ1) is 18.9. The third-order valence-corrected chi connectivity index (χ3v) is 7.35. The summed E-state index contributed by atoms with van der Waals surface area (Å²) in [6.45, 7) is 4.01. The van der Waals surface area contributed by atoms with Crippen LogP contribution in [0.3, 0.4) is 0 Å². The summed E-state index contributed by atoms with van der Waals surface area (Å²) in [5.41, 5.74) is 2.27. The first-order valence-corrected chi connectivity index (χ1v) is 11.7. The lowest BCUT2D eigenvalue weighted by atomic mass is 9.99. The second-order valence-corrected chi connectivity index (χ2v) is 9.61. The van der Waals surface area contributed by atoms with Gasteiger partial charge in [0.15, 0.2) is 0 Å². The second kappa shape index (κ2) is 8.29. The van der Waals surface area contributed by atoms with Gasteiger partial charge in [-0.3, -0.25) is 4.79 Å². The molecule has 0 N–H and O–H groups in total. The van der Waals surface area contributed by atoms with E-state index < -0.39 is 0 Å². The van der Waals surface area contributed by atoms with Crippen LogP contribution in [-0.2, 0) is 4.79 Å². The minimum Gasteiger partial charge on any atom is -0.342 e. The van der Waals surface area contributed by atoms with Crippen LogP contribution in [0.15, 0.2) is 45.5 Å². The number of thioether (sulfide) groups is 1. The van der Waals surface area contributed by atoms with Crippen LogP contribution in [0, 0.1) is 5.92 Å². The molecule has 0 unspecified atom stereocenters. The van der Waals surface area contributed by atoms with E-state index in [4.69, 9.17) is 0 Å². The number of hydrogen-bond donors (Lipinski definition) is 0. The van der Waals surface area contributed by atoms with Gasteiger partial charge in [0.1, 0.15) is 16.2 Å². The molecule has 4 rings (SSSR count). The summed E-state index contributed by atoms with van der Waals surface area (Å²) < 4.78 is 1.05. The van der Waals surface area contributed by atoms with Crippen LogP contribution in [-0.4, -0.2) is 39.6 Å². The molecule has 0 bridgehead atoms. The zero-order chi connectivity index (χ0) is 18.8. The number of benzene rings is 1. The van der Waals surface area contributed by atoms with Gasteiger partial charge in [0, 0.05) is 28.5 Å². The Morgan fingerprint density at radius 3 is 2.74 bits per heavy atom. The van der Waals surface area contributed by atoms with E-state index in [0.717, 1.165) is 62.7 Å². The minimum atomic E-state index is 0.207. The Bertz CT molecular complexity index is 950. The topological polar surface area (TPSA) is 46.1 Å². The molecule has 3 aromatic rings. The zero-order valence-electron chi connectivity index (χ0n) is 15.0. The zero-order valence-corrected chi connectivity index (χ0v) is 18.2. The van der Waals surface area contributed by atoms with E-state index in [2.05, 4.69) is 50.3 Å². The largest absolute Gasteiger partial charge is 0.342 e. The van der Waals surface area contributed by atoms with Gasteiger partial charge in [-0.15, -0.1) is 11.3 Å². The summed E-state index contributed by atoms with van der Waals surface area (Å²) in [7, 11) is 0. The number of halogens is 1. The van der Waals surface area contributed by atoms with Gasteiger partial charge in [-0.05, 0) is 36.5 Å². The van der Waals surface area contributed by atoms with Crippen molar-refractivity contribution in [3.8, 4) is 11.1 Å². The number of aromatic nitrogens is 2. The Hall–Kier alpha value is -1.44. The Morgan fingerprint density at radius 2 is 2.00 bits per heavy atom. The highest BCUT2D eigenvalue weighted by molar-refractivity contribution is 9.10. The molecule has 2 aromatic heterocycles. The van der Waals surface area contributed by atoms with Crippen molar-refractivity contribution in [2.24, 2.45) is 5.92 Å². The molecule has 0 aliphatic carbocycles. The smallest absolute Gasteiger partial charge is 0.232 e. The number of amides is 1. The molecule has 0 radical (unpaired) electrons. The van der Waals surface area contributed by atoms with Crippen molar-refractivity contribution in [3.05, 3.63) is 40.4 Å². The lowest BCUT2D eigenvalue weighted by Gasteiger charge is -2.30. The molecule has 1 fully saturated rings. The van der Waals surface area contributed by atoms with E-state index in [1.54, 1.807) is 17.7 Å². The van der Waals surface area contributed by atoms with E-state index in [1.807, 2.05) is 17.0 Å². The van der Waals surface area contributed by atoms with Crippen molar-refractivity contribution in [2.75, 3.05) is 18.8 Å². The van der Waals surface area contributed by atoms with Gasteiger partial charge in [-0.2, -0.15) is 0 Å². The minimum absolute atomic E-state index is 0.207. The van der Waals surface area contributed by atoms with E-state index in [9.17, 15) is 4.79 Å². The molecule has 27 heavy (non-hydrogen) atoms. The fourth-order valence-electron chi connectivity index (χ4n) is 3.28. The maximum absolute atomic E-state index is 12.6. The maximum Gasteiger partial charge on any atom is 0.232 e. The van der Waals surface area contributed by atoms with E-state index in [1.165, 1.54) is 11.8 Å². The van der Waals surface area contributed by atoms with E-state index in [-0.39, 0.29) is 5.91 Å². The number of piperidine rings is 1. The Morgan fingerprint density at radius 1 is 1.26 bits per heavy atom. The summed E-state index contributed by atoms with van der Waals surface area (Å²) in [5, 5.41) is 4.06. The predicted molar refractivity (Wildman–Crippen MR) is 116 cm³/mol. The van der Waals surface area contributed by atoms with Crippen molar-refractivity contribution in [1.82, 2.24) is 14.9 Å². The number of thiophene rings is 1. The van der Waals surface area contributed by atoms with Crippen molar-refractivity contribution < 1.29 is 4.79 Å². The fourth-order valence-corrected chi connectivity index (χ4v) is 5.44. The molecule has 1 aliphatic heterocycles. The first-order chi connectivity index (χ1) is 13.1. The summed E-state index contributed by atoms with van der Waals surface area (Å²) in [6, 6.07) is 8.26. The number of carbonyl (C=O) groups is 1. The summed E-state index contributed by atoms with van der Waals surface area (Å²) in [5.74, 6) is 1.36. The lowest BCUT2D eigenvalue weighted by Crippen LogP contribution is -2.38. The quantitative estimate of drug-likeness (QED) is 0.381. The number of nitrogens with zero attached hydrogens (tertiary/aromatic N) is 3. The van der Waals surface area contributed by atoms with Crippen molar-refractivity contribution in [3.63, 3.8) is 0 Å². The summed E-state index contributed by atoms with van der Waals surface area (Å²) in [6.07, 6.45) is 3.80. The monoisotopic (exact) mass is 461 g/mol. The van der Waals surface area contributed by atoms with Crippen LogP contribution < -0.4 is 0 Å². The predicted octanol–water partition coefficient (Wildman–Crippen LogP) is 5.47.